The number of hydrogen-bond acceptors (Lipinski definition) is 3. The molecular formula is C17H26N2O3S. The van der Waals surface area contributed by atoms with Gasteiger partial charge in [-0.2, -0.15) is 0 Å². The Morgan fingerprint density at radius 1 is 1.17 bits per heavy atom. The van der Waals surface area contributed by atoms with Crippen LogP contribution in [0.3, 0.4) is 0 Å². The molecule has 1 aliphatic heterocycles. The number of aryl methyl sites for hydroxylation is 1. The largest absolute Gasteiger partial charge is 0.343 e. The molecule has 0 unspecified atom stereocenters. The number of likely N-dealkylation sites (tertiary alicyclic amines) is 1. The summed E-state index contributed by atoms with van der Waals surface area (Å²) in [6.07, 6.45) is 3.64. The molecule has 1 amide bonds. The van der Waals surface area contributed by atoms with Crippen molar-refractivity contribution in [2.24, 2.45) is 0 Å². The highest BCUT2D eigenvalue weighted by atomic mass is 32.2. The average molecular weight is 338 g/mol. The molecule has 23 heavy (non-hydrogen) atoms. The zero-order valence-corrected chi connectivity index (χ0v) is 14.7. The van der Waals surface area contributed by atoms with Crippen molar-refractivity contribution in [3.05, 3.63) is 29.8 Å². The van der Waals surface area contributed by atoms with Gasteiger partial charge in [0, 0.05) is 25.6 Å². The molecule has 0 radical (unpaired) electrons. The molecule has 1 aromatic rings. The predicted octanol–water partition coefficient (Wildman–Crippen LogP) is 2.32. The molecule has 2 rings (SSSR count). The zero-order chi connectivity index (χ0) is 16.9. The van der Waals surface area contributed by atoms with Crippen molar-refractivity contribution >= 4 is 15.9 Å². The maximum Gasteiger partial charge on any atom is 0.240 e. The minimum atomic E-state index is -3.49. The molecule has 0 aromatic heterocycles. The Morgan fingerprint density at radius 3 is 2.30 bits per heavy atom. The molecule has 128 valence electrons. The van der Waals surface area contributed by atoms with Crippen molar-refractivity contribution in [1.82, 2.24) is 9.62 Å². The molecule has 1 saturated heterocycles. The topological polar surface area (TPSA) is 66.5 Å². The Morgan fingerprint density at radius 2 is 1.78 bits per heavy atom. The van der Waals surface area contributed by atoms with Gasteiger partial charge < -0.3 is 4.90 Å². The summed E-state index contributed by atoms with van der Waals surface area (Å²) in [4.78, 5) is 14.0. The molecule has 1 N–H and O–H groups in total. The molecule has 1 fully saturated rings. The van der Waals surface area contributed by atoms with E-state index in [-0.39, 0.29) is 11.9 Å². The van der Waals surface area contributed by atoms with Crippen LogP contribution in [0.15, 0.2) is 29.2 Å². The standard InChI is InChI=1S/C17H26N2O3S/c1-3-5-17(20)19-12-10-15(11-13-19)18-23(21,22)16-8-6-14(4-2)7-9-16/h6-9,15,18H,3-5,10-13H2,1-2H3. The van der Waals surface area contributed by atoms with Gasteiger partial charge in [0.1, 0.15) is 0 Å². The summed E-state index contributed by atoms with van der Waals surface area (Å²) in [6.45, 7) is 5.28. The van der Waals surface area contributed by atoms with Crippen LogP contribution in [0.4, 0.5) is 0 Å². The van der Waals surface area contributed by atoms with E-state index in [1.54, 1.807) is 12.1 Å². The lowest BCUT2D eigenvalue weighted by Gasteiger charge is -2.32. The fourth-order valence-electron chi connectivity index (χ4n) is 2.81. The number of nitrogens with zero attached hydrogens (tertiary/aromatic N) is 1. The summed E-state index contributed by atoms with van der Waals surface area (Å²) in [7, 11) is -3.49. The van der Waals surface area contributed by atoms with Gasteiger partial charge in [-0.1, -0.05) is 26.0 Å². The number of benzene rings is 1. The average Bonchev–Trinajstić information content (AvgIpc) is 2.55. The van der Waals surface area contributed by atoms with Crippen LogP contribution >= 0.6 is 0 Å². The second-order valence-corrected chi connectivity index (χ2v) is 7.74. The molecular weight excluding hydrogens is 312 g/mol. The van der Waals surface area contributed by atoms with Crippen molar-refractivity contribution in [3.8, 4) is 0 Å². The van der Waals surface area contributed by atoms with Gasteiger partial charge in [0.25, 0.3) is 0 Å². The van der Waals surface area contributed by atoms with Crippen LogP contribution in [-0.2, 0) is 21.2 Å². The number of amides is 1. The Bertz CT molecular complexity index is 618. The number of sulfonamides is 1. The second-order valence-electron chi connectivity index (χ2n) is 6.02. The van der Waals surface area contributed by atoms with Gasteiger partial charge in [0.2, 0.25) is 15.9 Å². The quantitative estimate of drug-likeness (QED) is 0.865. The zero-order valence-electron chi connectivity index (χ0n) is 13.9. The van der Waals surface area contributed by atoms with Crippen LogP contribution in [0.5, 0.6) is 0 Å². The summed E-state index contributed by atoms with van der Waals surface area (Å²) < 4.78 is 27.6. The molecule has 1 aliphatic rings. The summed E-state index contributed by atoms with van der Waals surface area (Å²) in [5, 5.41) is 0. The van der Waals surface area contributed by atoms with E-state index < -0.39 is 10.0 Å². The number of rotatable bonds is 6. The van der Waals surface area contributed by atoms with Gasteiger partial charge >= 0.3 is 0 Å². The van der Waals surface area contributed by atoms with Crippen LogP contribution in [-0.4, -0.2) is 38.4 Å². The van der Waals surface area contributed by atoms with E-state index in [0.29, 0.717) is 37.2 Å². The monoisotopic (exact) mass is 338 g/mol. The molecule has 0 saturated carbocycles. The van der Waals surface area contributed by atoms with Crippen LogP contribution in [0.1, 0.15) is 45.1 Å². The lowest BCUT2D eigenvalue weighted by atomic mass is 10.1. The van der Waals surface area contributed by atoms with Crippen LogP contribution in [0.2, 0.25) is 0 Å². The van der Waals surface area contributed by atoms with Crippen molar-refractivity contribution in [1.29, 1.82) is 0 Å². The molecule has 0 spiro atoms. The smallest absolute Gasteiger partial charge is 0.240 e. The first kappa shape index (κ1) is 17.9. The first-order chi connectivity index (χ1) is 11.0. The molecule has 1 heterocycles. The van der Waals surface area contributed by atoms with Crippen LogP contribution in [0, 0.1) is 0 Å². The van der Waals surface area contributed by atoms with E-state index in [1.165, 1.54) is 0 Å². The van der Waals surface area contributed by atoms with E-state index in [1.807, 2.05) is 30.9 Å². The lowest BCUT2D eigenvalue weighted by molar-refractivity contribution is -0.132. The van der Waals surface area contributed by atoms with Crippen molar-refractivity contribution in [2.45, 2.75) is 56.9 Å². The third-order valence-electron chi connectivity index (χ3n) is 4.28. The van der Waals surface area contributed by atoms with Gasteiger partial charge in [-0.25, -0.2) is 13.1 Å². The number of piperidine rings is 1. The van der Waals surface area contributed by atoms with E-state index in [2.05, 4.69) is 4.72 Å². The van der Waals surface area contributed by atoms with Gasteiger partial charge in [-0.3, -0.25) is 4.79 Å². The molecule has 0 atom stereocenters. The molecule has 5 nitrogen and oxygen atoms in total. The second kappa shape index (κ2) is 7.93. The Balaban J connectivity index is 1.93. The summed E-state index contributed by atoms with van der Waals surface area (Å²) in [5.41, 5.74) is 1.12. The number of carbonyl (C=O) groups is 1. The first-order valence-corrected chi connectivity index (χ1v) is 9.83. The minimum Gasteiger partial charge on any atom is -0.343 e. The van der Waals surface area contributed by atoms with Crippen molar-refractivity contribution in [3.63, 3.8) is 0 Å². The molecule has 1 aromatic carbocycles. The molecule has 0 bridgehead atoms. The Kier molecular flexibility index (Phi) is 6.18. The number of carbonyl (C=O) groups excluding carboxylic acids is 1. The molecule has 0 aliphatic carbocycles. The third kappa shape index (κ3) is 4.78. The lowest BCUT2D eigenvalue weighted by Crippen LogP contribution is -2.46. The highest BCUT2D eigenvalue weighted by Gasteiger charge is 2.26. The number of nitrogens with one attached hydrogen (secondary N) is 1. The van der Waals surface area contributed by atoms with E-state index >= 15 is 0 Å². The SMILES string of the molecule is CCCC(=O)N1CCC(NS(=O)(=O)c2ccc(CC)cc2)CC1. The first-order valence-electron chi connectivity index (χ1n) is 8.35. The van der Waals surface area contributed by atoms with E-state index in [4.69, 9.17) is 0 Å². The highest BCUT2D eigenvalue weighted by Crippen LogP contribution is 2.16. The molecule has 6 heteroatoms. The summed E-state index contributed by atoms with van der Waals surface area (Å²) >= 11 is 0. The Labute approximate surface area is 139 Å². The number of hydrogen-bond donors (Lipinski definition) is 1. The fraction of sp³-hybridized carbons (Fsp3) is 0.588. The van der Waals surface area contributed by atoms with Gasteiger partial charge in [-0.15, -0.1) is 0 Å². The van der Waals surface area contributed by atoms with Crippen LogP contribution < -0.4 is 4.72 Å². The normalized spacial score (nSPS) is 16.5. The summed E-state index contributed by atoms with van der Waals surface area (Å²) in [6, 6.07) is 6.90. The van der Waals surface area contributed by atoms with Crippen LogP contribution in [0.25, 0.3) is 0 Å². The van der Waals surface area contributed by atoms with Gasteiger partial charge in [-0.05, 0) is 43.4 Å². The highest BCUT2D eigenvalue weighted by molar-refractivity contribution is 7.89. The van der Waals surface area contributed by atoms with Gasteiger partial charge in [0.15, 0.2) is 0 Å². The third-order valence-corrected chi connectivity index (χ3v) is 5.81. The predicted molar refractivity (Wildman–Crippen MR) is 90.7 cm³/mol. The maximum atomic E-state index is 12.4. The maximum absolute atomic E-state index is 12.4. The van der Waals surface area contributed by atoms with Gasteiger partial charge in [0.05, 0.1) is 4.90 Å². The summed E-state index contributed by atoms with van der Waals surface area (Å²) in [5.74, 6) is 0.170. The van der Waals surface area contributed by atoms with E-state index in [9.17, 15) is 13.2 Å². The van der Waals surface area contributed by atoms with E-state index in [0.717, 1.165) is 18.4 Å². The fourth-order valence-corrected chi connectivity index (χ4v) is 4.12. The Hall–Kier alpha value is -1.40. The van der Waals surface area contributed by atoms with Crippen molar-refractivity contribution < 1.29 is 13.2 Å². The van der Waals surface area contributed by atoms with Crippen molar-refractivity contribution in [2.75, 3.05) is 13.1 Å². The minimum absolute atomic E-state index is 0.100.